The standard InChI is InChI=1S/C22H20N4O4S/c1-13-4-9-17-19(12-13)24-21-14(2)20(26(27)28)11-10-18(21)22(17)23-15-5-7-16(8-6-15)25-31(3,29)30/h4-12,25H,1-3H3,(H,23,24). The Hall–Kier alpha value is -3.72. The third kappa shape index (κ3) is 4.13. The highest BCUT2D eigenvalue weighted by molar-refractivity contribution is 7.92. The van der Waals surface area contributed by atoms with Crippen molar-refractivity contribution < 1.29 is 13.3 Å². The summed E-state index contributed by atoms with van der Waals surface area (Å²) in [7, 11) is -3.36. The number of benzene rings is 3. The number of aryl methyl sites for hydroxylation is 2. The van der Waals surface area contributed by atoms with E-state index in [1.165, 1.54) is 6.07 Å². The Kier molecular flexibility index (Phi) is 4.98. The van der Waals surface area contributed by atoms with E-state index in [2.05, 4.69) is 10.0 Å². The Morgan fingerprint density at radius 3 is 2.23 bits per heavy atom. The highest BCUT2D eigenvalue weighted by Crippen LogP contribution is 2.37. The van der Waals surface area contributed by atoms with Crippen LogP contribution in [0.25, 0.3) is 21.8 Å². The zero-order chi connectivity index (χ0) is 22.3. The van der Waals surface area contributed by atoms with E-state index in [1.807, 2.05) is 25.1 Å². The molecular weight excluding hydrogens is 416 g/mol. The fourth-order valence-corrected chi connectivity index (χ4v) is 4.12. The molecule has 0 bridgehead atoms. The van der Waals surface area contributed by atoms with Gasteiger partial charge in [0, 0.05) is 28.2 Å². The van der Waals surface area contributed by atoms with Crippen molar-refractivity contribution in [1.29, 1.82) is 0 Å². The summed E-state index contributed by atoms with van der Waals surface area (Å²) in [6.45, 7) is 3.66. The van der Waals surface area contributed by atoms with E-state index in [0.717, 1.165) is 39.5 Å². The number of nitro groups is 1. The fraction of sp³-hybridized carbons (Fsp3) is 0.136. The predicted octanol–water partition coefficient (Wildman–Crippen LogP) is 5.03. The first-order valence-electron chi connectivity index (χ1n) is 9.45. The monoisotopic (exact) mass is 436 g/mol. The highest BCUT2D eigenvalue weighted by atomic mass is 32.2. The Labute approximate surface area is 179 Å². The zero-order valence-corrected chi connectivity index (χ0v) is 17.9. The van der Waals surface area contributed by atoms with Crippen LogP contribution in [0, 0.1) is 24.0 Å². The number of hydrogen-bond acceptors (Lipinski definition) is 6. The molecule has 0 radical (unpaired) electrons. The zero-order valence-electron chi connectivity index (χ0n) is 17.1. The maximum Gasteiger partial charge on any atom is 0.274 e. The minimum absolute atomic E-state index is 0.0224. The predicted molar refractivity (Wildman–Crippen MR) is 124 cm³/mol. The van der Waals surface area contributed by atoms with Crippen molar-refractivity contribution in [3.05, 3.63) is 75.8 Å². The van der Waals surface area contributed by atoms with E-state index < -0.39 is 14.9 Å². The number of sulfonamides is 1. The van der Waals surface area contributed by atoms with Gasteiger partial charge in [0.2, 0.25) is 10.0 Å². The van der Waals surface area contributed by atoms with Crippen molar-refractivity contribution in [3.8, 4) is 0 Å². The molecule has 9 heteroatoms. The topological polar surface area (TPSA) is 114 Å². The summed E-state index contributed by atoms with van der Waals surface area (Å²) in [4.78, 5) is 15.7. The molecule has 0 saturated heterocycles. The van der Waals surface area contributed by atoms with Gasteiger partial charge in [-0.15, -0.1) is 0 Å². The van der Waals surface area contributed by atoms with E-state index in [1.54, 1.807) is 37.3 Å². The fourth-order valence-electron chi connectivity index (χ4n) is 3.56. The first-order valence-corrected chi connectivity index (χ1v) is 11.3. The molecule has 0 unspecified atom stereocenters. The van der Waals surface area contributed by atoms with Gasteiger partial charge in [-0.3, -0.25) is 14.8 Å². The van der Waals surface area contributed by atoms with Crippen molar-refractivity contribution in [1.82, 2.24) is 4.98 Å². The van der Waals surface area contributed by atoms with Gasteiger partial charge < -0.3 is 5.32 Å². The third-order valence-corrected chi connectivity index (χ3v) is 5.59. The second-order valence-electron chi connectivity index (χ2n) is 7.45. The number of nitrogens with one attached hydrogen (secondary N) is 2. The number of pyridine rings is 1. The largest absolute Gasteiger partial charge is 0.354 e. The maximum atomic E-state index is 11.4. The molecular formula is C22H20N4O4S. The van der Waals surface area contributed by atoms with Crippen molar-refractivity contribution in [2.45, 2.75) is 13.8 Å². The quantitative estimate of drug-likeness (QED) is 0.258. The van der Waals surface area contributed by atoms with E-state index in [4.69, 9.17) is 4.98 Å². The lowest BCUT2D eigenvalue weighted by atomic mass is 10.0. The molecule has 0 aliphatic carbocycles. The molecule has 0 aliphatic rings. The van der Waals surface area contributed by atoms with Crippen molar-refractivity contribution >= 4 is 54.6 Å². The van der Waals surface area contributed by atoms with Gasteiger partial charge in [0.25, 0.3) is 5.69 Å². The van der Waals surface area contributed by atoms with E-state index >= 15 is 0 Å². The van der Waals surface area contributed by atoms with Crippen LogP contribution in [0.15, 0.2) is 54.6 Å². The normalized spacial score (nSPS) is 11.6. The van der Waals surface area contributed by atoms with Gasteiger partial charge in [0.1, 0.15) is 0 Å². The molecule has 3 aromatic carbocycles. The lowest BCUT2D eigenvalue weighted by Crippen LogP contribution is -2.09. The van der Waals surface area contributed by atoms with Crippen molar-refractivity contribution in [2.75, 3.05) is 16.3 Å². The molecule has 0 spiro atoms. The molecule has 0 saturated carbocycles. The van der Waals surface area contributed by atoms with Crippen LogP contribution in [0.1, 0.15) is 11.1 Å². The van der Waals surface area contributed by atoms with Gasteiger partial charge in [-0.1, -0.05) is 12.1 Å². The molecule has 0 fully saturated rings. The maximum absolute atomic E-state index is 11.4. The summed E-state index contributed by atoms with van der Waals surface area (Å²) in [6, 6.07) is 15.9. The number of nitrogens with zero attached hydrogens (tertiary/aromatic N) is 2. The molecule has 8 nitrogen and oxygen atoms in total. The van der Waals surface area contributed by atoms with Gasteiger partial charge in [0.15, 0.2) is 0 Å². The second kappa shape index (κ2) is 7.51. The van der Waals surface area contributed by atoms with Gasteiger partial charge in [0.05, 0.1) is 33.5 Å². The Morgan fingerprint density at radius 1 is 0.935 bits per heavy atom. The van der Waals surface area contributed by atoms with Crippen LogP contribution < -0.4 is 10.0 Å². The van der Waals surface area contributed by atoms with Crippen LogP contribution in [0.2, 0.25) is 0 Å². The molecule has 31 heavy (non-hydrogen) atoms. The summed E-state index contributed by atoms with van der Waals surface area (Å²) >= 11 is 0. The molecule has 2 N–H and O–H groups in total. The molecule has 158 valence electrons. The number of rotatable bonds is 5. The first-order chi connectivity index (χ1) is 14.6. The average Bonchev–Trinajstić information content (AvgIpc) is 2.68. The van der Waals surface area contributed by atoms with Gasteiger partial charge in [-0.25, -0.2) is 13.4 Å². The summed E-state index contributed by atoms with van der Waals surface area (Å²) < 4.78 is 25.3. The molecule has 1 aromatic heterocycles. The van der Waals surface area contributed by atoms with Crippen LogP contribution in [-0.2, 0) is 10.0 Å². The average molecular weight is 436 g/mol. The molecule has 4 rings (SSSR count). The summed E-state index contributed by atoms with van der Waals surface area (Å²) in [6.07, 6.45) is 1.10. The molecule has 0 aliphatic heterocycles. The molecule has 0 atom stereocenters. The Morgan fingerprint density at radius 2 is 1.58 bits per heavy atom. The van der Waals surface area contributed by atoms with E-state index in [9.17, 15) is 18.5 Å². The number of anilines is 3. The van der Waals surface area contributed by atoms with Crippen LogP contribution in [0.5, 0.6) is 0 Å². The molecule has 0 amide bonds. The van der Waals surface area contributed by atoms with Crippen molar-refractivity contribution in [3.63, 3.8) is 0 Å². The number of fused-ring (bicyclic) bond motifs is 2. The summed E-state index contributed by atoms with van der Waals surface area (Å²) in [5.74, 6) is 0. The van der Waals surface area contributed by atoms with Crippen LogP contribution in [0.3, 0.4) is 0 Å². The van der Waals surface area contributed by atoms with Gasteiger partial charge in [-0.2, -0.15) is 0 Å². The number of nitro benzene ring substituents is 1. The molecule has 4 aromatic rings. The first kappa shape index (κ1) is 20.5. The lowest BCUT2D eigenvalue weighted by Gasteiger charge is -2.15. The number of hydrogen-bond donors (Lipinski definition) is 2. The van der Waals surface area contributed by atoms with E-state index in [-0.39, 0.29) is 5.69 Å². The second-order valence-corrected chi connectivity index (χ2v) is 9.20. The number of aromatic nitrogens is 1. The Balaban J connectivity index is 1.88. The summed E-state index contributed by atoms with van der Waals surface area (Å²) in [5, 5.41) is 16.4. The van der Waals surface area contributed by atoms with E-state index in [0.29, 0.717) is 16.8 Å². The third-order valence-electron chi connectivity index (χ3n) is 4.98. The highest BCUT2D eigenvalue weighted by Gasteiger charge is 2.18. The lowest BCUT2D eigenvalue weighted by molar-refractivity contribution is -0.385. The SMILES string of the molecule is Cc1ccc2c(Nc3ccc(NS(C)(=O)=O)cc3)c3ccc([N+](=O)[O-])c(C)c3nc2c1. The van der Waals surface area contributed by atoms with Crippen LogP contribution in [0.4, 0.5) is 22.7 Å². The Bertz CT molecular complexity index is 1450. The summed E-state index contributed by atoms with van der Waals surface area (Å²) in [5.41, 5.74) is 4.82. The van der Waals surface area contributed by atoms with Crippen molar-refractivity contribution in [2.24, 2.45) is 0 Å². The van der Waals surface area contributed by atoms with Gasteiger partial charge >= 0.3 is 0 Å². The minimum atomic E-state index is -3.36. The smallest absolute Gasteiger partial charge is 0.274 e. The molecule has 1 heterocycles. The van der Waals surface area contributed by atoms with Crippen LogP contribution >= 0.6 is 0 Å². The van der Waals surface area contributed by atoms with Crippen LogP contribution in [-0.4, -0.2) is 24.6 Å². The van der Waals surface area contributed by atoms with Gasteiger partial charge in [-0.05, 0) is 55.8 Å². The minimum Gasteiger partial charge on any atom is -0.354 e.